The van der Waals surface area contributed by atoms with E-state index in [4.69, 9.17) is 10.5 Å². The number of piperidine rings is 1. The predicted molar refractivity (Wildman–Crippen MR) is 45.6 cm³/mol. The molecule has 12 heavy (non-hydrogen) atoms. The maximum Gasteiger partial charge on any atom is 0.323 e. The van der Waals surface area contributed by atoms with Crippen LogP contribution in [0.4, 0.5) is 0 Å². The Morgan fingerprint density at radius 2 is 2.50 bits per heavy atom. The van der Waals surface area contributed by atoms with Crippen LogP contribution in [0.15, 0.2) is 0 Å². The molecule has 0 unspecified atom stereocenters. The molecule has 1 rings (SSSR count). The molecule has 4 heteroatoms. The molecule has 0 aromatic carbocycles. The van der Waals surface area contributed by atoms with Gasteiger partial charge >= 0.3 is 5.97 Å². The largest absolute Gasteiger partial charge is 0.465 e. The molecule has 1 aliphatic rings. The molecule has 1 heterocycles. The highest BCUT2D eigenvalue weighted by atomic mass is 16.5. The Kier molecular flexibility index (Phi) is 3.49. The van der Waals surface area contributed by atoms with Gasteiger partial charge in [-0.15, -0.1) is 0 Å². The second-order valence-electron chi connectivity index (χ2n) is 3.04. The Hall–Kier alpha value is -0.610. The van der Waals surface area contributed by atoms with Crippen molar-refractivity contribution in [3.63, 3.8) is 0 Å². The molecule has 0 bridgehead atoms. The molecule has 1 saturated heterocycles. The number of rotatable bonds is 2. The van der Waals surface area contributed by atoms with Crippen molar-refractivity contribution in [1.29, 1.82) is 0 Å². The Morgan fingerprint density at radius 3 is 3.08 bits per heavy atom. The average molecular weight is 172 g/mol. The molecule has 0 amide bonds. The Bertz CT molecular complexity index is 161. The van der Waals surface area contributed by atoms with Crippen molar-refractivity contribution >= 4 is 5.97 Å². The molecule has 0 saturated carbocycles. The summed E-state index contributed by atoms with van der Waals surface area (Å²) in [6.45, 7) is 3.05. The van der Waals surface area contributed by atoms with Gasteiger partial charge in [0, 0.05) is 6.04 Å². The van der Waals surface area contributed by atoms with E-state index in [2.05, 4.69) is 5.32 Å². The first kappa shape index (κ1) is 9.48. The fraction of sp³-hybridized carbons (Fsp3) is 0.875. The molecule has 0 aliphatic carbocycles. The quantitative estimate of drug-likeness (QED) is 0.558. The van der Waals surface area contributed by atoms with Gasteiger partial charge in [-0.1, -0.05) is 0 Å². The van der Waals surface area contributed by atoms with E-state index in [-0.39, 0.29) is 18.1 Å². The maximum atomic E-state index is 11.2. The van der Waals surface area contributed by atoms with Gasteiger partial charge in [0.2, 0.25) is 0 Å². The third-order valence-electron chi connectivity index (χ3n) is 2.02. The minimum absolute atomic E-state index is 0.139. The number of ether oxygens (including phenoxy) is 1. The van der Waals surface area contributed by atoms with Crippen molar-refractivity contribution in [2.24, 2.45) is 5.73 Å². The third-order valence-corrected chi connectivity index (χ3v) is 2.02. The fourth-order valence-corrected chi connectivity index (χ4v) is 1.37. The summed E-state index contributed by atoms with van der Waals surface area (Å²) in [7, 11) is 0. The van der Waals surface area contributed by atoms with Gasteiger partial charge in [-0.05, 0) is 26.3 Å². The maximum absolute atomic E-state index is 11.2. The average Bonchev–Trinajstić information content (AvgIpc) is 2.05. The van der Waals surface area contributed by atoms with Crippen LogP contribution in [0.5, 0.6) is 0 Å². The van der Waals surface area contributed by atoms with E-state index in [9.17, 15) is 4.79 Å². The summed E-state index contributed by atoms with van der Waals surface area (Å²) >= 11 is 0. The number of nitrogens with one attached hydrogen (secondary N) is 1. The van der Waals surface area contributed by atoms with Crippen molar-refractivity contribution in [2.45, 2.75) is 31.8 Å². The lowest BCUT2D eigenvalue weighted by Gasteiger charge is -2.26. The monoisotopic (exact) mass is 172 g/mol. The van der Waals surface area contributed by atoms with Crippen LogP contribution < -0.4 is 11.1 Å². The highest BCUT2D eigenvalue weighted by Gasteiger charge is 2.25. The van der Waals surface area contributed by atoms with E-state index in [0.717, 1.165) is 13.0 Å². The van der Waals surface area contributed by atoms with E-state index in [1.54, 1.807) is 6.92 Å². The smallest absolute Gasteiger partial charge is 0.323 e. The summed E-state index contributed by atoms with van der Waals surface area (Å²) < 4.78 is 4.87. The fourth-order valence-electron chi connectivity index (χ4n) is 1.37. The van der Waals surface area contributed by atoms with E-state index < -0.39 is 0 Å². The lowest BCUT2D eigenvalue weighted by molar-refractivity contribution is -0.146. The van der Waals surface area contributed by atoms with Crippen LogP contribution in [-0.2, 0) is 9.53 Å². The first-order chi connectivity index (χ1) is 5.74. The SMILES string of the molecule is CCOC(=O)[C@@H]1C[C@@H](N)CCN1. The Morgan fingerprint density at radius 1 is 1.75 bits per heavy atom. The standard InChI is InChI=1S/C8H16N2O2/c1-2-12-8(11)7-5-6(9)3-4-10-7/h6-7,10H,2-5,9H2,1H3/t6-,7-/m0/s1. The predicted octanol–water partition coefficient (Wildman–Crippen LogP) is -0.371. The molecule has 2 atom stereocenters. The lowest BCUT2D eigenvalue weighted by Crippen LogP contribution is -2.48. The zero-order valence-corrected chi connectivity index (χ0v) is 7.38. The summed E-state index contributed by atoms with van der Waals surface area (Å²) in [5.74, 6) is -0.173. The molecule has 0 aromatic heterocycles. The van der Waals surface area contributed by atoms with Gasteiger partial charge in [0.15, 0.2) is 0 Å². The molecule has 0 spiro atoms. The molecule has 0 aromatic rings. The van der Waals surface area contributed by atoms with Gasteiger partial charge in [0.25, 0.3) is 0 Å². The minimum Gasteiger partial charge on any atom is -0.465 e. The molecule has 4 nitrogen and oxygen atoms in total. The van der Waals surface area contributed by atoms with E-state index >= 15 is 0 Å². The Balaban J connectivity index is 2.35. The van der Waals surface area contributed by atoms with Crippen molar-refractivity contribution in [3.05, 3.63) is 0 Å². The van der Waals surface area contributed by atoms with Crippen molar-refractivity contribution in [3.8, 4) is 0 Å². The number of carbonyl (C=O) groups excluding carboxylic acids is 1. The topological polar surface area (TPSA) is 64.3 Å². The van der Waals surface area contributed by atoms with Crippen LogP contribution >= 0.6 is 0 Å². The molecule has 3 N–H and O–H groups in total. The highest BCUT2D eigenvalue weighted by molar-refractivity contribution is 5.75. The molecule has 1 fully saturated rings. The number of hydrogen-bond donors (Lipinski definition) is 2. The van der Waals surface area contributed by atoms with Gasteiger partial charge in [-0.2, -0.15) is 0 Å². The van der Waals surface area contributed by atoms with Crippen LogP contribution in [0.2, 0.25) is 0 Å². The molecule has 1 aliphatic heterocycles. The van der Waals surface area contributed by atoms with Crippen molar-refractivity contribution in [2.75, 3.05) is 13.2 Å². The van der Waals surface area contributed by atoms with Crippen LogP contribution in [0, 0.1) is 0 Å². The lowest BCUT2D eigenvalue weighted by atomic mass is 10.0. The van der Waals surface area contributed by atoms with Crippen LogP contribution in [0.1, 0.15) is 19.8 Å². The molecule has 0 radical (unpaired) electrons. The van der Waals surface area contributed by atoms with E-state index in [1.165, 1.54) is 0 Å². The first-order valence-corrected chi connectivity index (χ1v) is 4.39. The van der Waals surface area contributed by atoms with Crippen molar-refractivity contribution in [1.82, 2.24) is 5.32 Å². The normalized spacial score (nSPS) is 29.8. The molecular weight excluding hydrogens is 156 g/mol. The van der Waals surface area contributed by atoms with Gasteiger partial charge in [-0.3, -0.25) is 4.79 Å². The zero-order valence-electron chi connectivity index (χ0n) is 7.38. The van der Waals surface area contributed by atoms with Crippen LogP contribution in [-0.4, -0.2) is 31.2 Å². The van der Waals surface area contributed by atoms with E-state index in [0.29, 0.717) is 13.0 Å². The number of esters is 1. The minimum atomic E-state index is -0.186. The molecular formula is C8H16N2O2. The Labute approximate surface area is 72.5 Å². The van der Waals surface area contributed by atoms with Gasteiger partial charge in [0.05, 0.1) is 6.61 Å². The van der Waals surface area contributed by atoms with Gasteiger partial charge in [-0.25, -0.2) is 0 Å². The van der Waals surface area contributed by atoms with Crippen molar-refractivity contribution < 1.29 is 9.53 Å². The summed E-state index contributed by atoms with van der Waals surface area (Å²) in [4.78, 5) is 11.2. The van der Waals surface area contributed by atoms with Gasteiger partial charge < -0.3 is 15.8 Å². The summed E-state index contributed by atoms with van der Waals surface area (Å²) in [5.41, 5.74) is 5.71. The zero-order chi connectivity index (χ0) is 8.97. The van der Waals surface area contributed by atoms with Gasteiger partial charge in [0.1, 0.15) is 6.04 Å². The first-order valence-electron chi connectivity index (χ1n) is 4.39. The summed E-state index contributed by atoms with van der Waals surface area (Å²) in [5, 5.41) is 3.08. The number of hydrogen-bond acceptors (Lipinski definition) is 4. The summed E-state index contributed by atoms with van der Waals surface area (Å²) in [6, 6.07) is -0.0469. The summed E-state index contributed by atoms with van der Waals surface area (Å²) in [6.07, 6.45) is 1.63. The second kappa shape index (κ2) is 4.42. The van der Waals surface area contributed by atoms with Crippen LogP contribution in [0.3, 0.4) is 0 Å². The third kappa shape index (κ3) is 2.46. The molecule has 70 valence electrons. The highest BCUT2D eigenvalue weighted by Crippen LogP contribution is 2.07. The van der Waals surface area contributed by atoms with E-state index in [1.807, 2.05) is 0 Å². The number of carbonyl (C=O) groups is 1. The second-order valence-corrected chi connectivity index (χ2v) is 3.04. The van der Waals surface area contributed by atoms with Crippen LogP contribution in [0.25, 0.3) is 0 Å². The number of nitrogens with two attached hydrogens (primary N) is 1.